The number of piperidine rings is 1. The van der Waals surface area contributed by atoms with E-state index in [9.17, 15) is 23.4 Å². The third-order valence-electron chi connectivity index (χ3n) is 7.54. The van der Waals surface area contributed by atoms with E-state index in [4.69, 9.17) is 4.74 Å². The van der Waals surface area contributed by atoms with E-state index in [0.717, 1.165) is 36.2 Å². The number of hydrogen-bond acceptors (Lipinski definition) is 6. The zero-order valence-corrected chi connectivity index (χ0v) is 19.5. The molecule has 0 aromatic carbocycles. The summed E-state index contributed by atoms with van der Waals surface area (Å²) in [6.45, 7) is 3.76. The predicted octanol–water partition coefficient (Wildman–Crippen LogP) is 3.82. The average molecular weight is 486 g/mol. The molecule has 33 heavy (non-hydrogen) atoms. The van der Waals surface area contributed by atoms with Crippen molar-refractivity contribution in [2.75, 3.05) is 13.2 Å². The van der Waals surface area contributed by atoms with Gasteiger partial charge in [-0.1, -0.05) is 0 Å². The molecule has 2 aromatic heterocycles. The quantitative estimate of drug-likeness (QED) is 0.674. The van der Waals surface area contributed by atoms with Gasteiger partial charge < -0.3 is 14.9 Å². The van der Waals surface area contributed by atoms with Crippen molar-refractivity contribution >= 4 is 11.3 Å². The Labute approximate surface area is 195 Å². The van der Waals surface area contributed by atoms with Gasteiger partial charge in [-0.05, 0) is 51.0 Å². The minimum atomic E-state index is -4.47. The van der Waals surface area contributed by atoms with Crippen LogP contribution in [-0.4, -0.2) is 49.7 Å². The van der Waals surface area contributed by atoms with Crippen molar-refractivity contribution in [1.29, 1.82) is 0 Å². The fraction of sp³-hybridized carbons (Fsp3) is 0.696. The maximum atomic E-state index is 13.6. The van der Waals surface area contributed by atoms with Crippen molar-refractivity contribution in [3.63, 3.8) is 0 Å². The van der Waals surface area contributed by atoms with Crippen molar-refractivity contribution in [2.45, 2.75) is 88.6 Å². The van der Waals surface area contributed by atoms with Gasteiger partial charge in [0, 0.05) is 41.3 Å². The predicted molar refractivity (Wildman–Crippen MR) is 117 cm³/mol. The first kappa shape index (κ1) is 23.3. The largest absolute Gasteiger partial charge is 0.425 e. The van der Waals surface area contributed by atoms with E-state index < -0.39 is 28.9 Å². The first-order chi connectivity index (χ1) is 15.6. The highest BCUT2D eigenvalue weighted by atomic mass is 32.1. The summed E-state index contributed by atoms with van der Waals surface area (Å²) in [6, 6.07) is 0.109. The molecular weight excluding hydrogens is 455 g/mol. The number of aliphatic hydroxyl groups excluding tert-OH is 1. The lowest BCUT2D eigenvalue weighted by Crippen LogP contribution is -2.50. The molecule has 0 bridgehead atoms. The van der Waals surface area contributed by atoms with Crippen LogP contribution in [0.5, 0.6) is 0 Å². The zero-order valence-electron chi connectivity index (χ0n) is 18.7. The lowest BCUT2D eigenvalue weighted by atomic mass is 9.80. The van der Waals surface area contributed by atoms with Crippen molar-refractivity contribution in [3.8, 4) is 0 Å². The molecule has 1 saturated heterocycles. The Morgan fingerprint density at radius 2 is 2.09 bits per heavy atom. The molecule has 2 fully saturated rings. The van der Waals surface area contributed by atoms with E-state index >= 15 is 0 Å². The summed E-state index contributed by atoms with van der Waals surface area (Å²) in [5.74, 6) is 0. The minimum absolute atomic E-state index is 0.0285. The molecule has 4 heterocycles. The summed E-state index contributed by atoms with van der Waals surface area (Å²) in [4.78, 5) is 2.28. The fourth-order valence-electron chi connectivity index (χ4n) is 5.62. The molecule has 6 nitrogen and oxygen atoms in total. The van der Waals surface area contributed by atoms with Crippen LogP contribution in [0.25, 0.3) is 0 Å². The SMILES string of the molecule is C[C@H]1C[C@@]2(CCN1Cc1cnn(CC3(O)CCC3)c1)OCCc1c2sc(C(F)(F)F)c1CO. The van der Waals surface area contributed by atoms with Gasteiger partial charge in [0.2, 0.25) is 0 Å². The molecule has 3 aliphatic rings. The lowest BCUT2D eigenvalue weighted by molar-refractivity contribution is -0.135. The summed E-state index contributed by atoms with van der Waals surface area (Å²) in [5.41, 5.74) is 0.369. The topological polar surface area (TPSA) is 70.8 Å². The van der Waals surface area contributed by atoms with Gasteiger partial charge in [0.05, 0.1) is 31.6 Å². The van der Waals surface area contributed by atoms with Gasteiger partial charge in [-0.2, -0.15) is 18.3 Å². The van der Waals surface area contributed by atoms with Crippen molar-refractivity contribution < 1.29 is 28.1 Å². The van der Waals surface area contributed by atoms with Crippen LogP contribution in [0, 0.1) is 0 Å². The van der Waals surface area contributed by atoms with Crippen LogP contribution in [0.3, 0.4) is 0 Å². The van der Waals surface area contributed by atoms with Crippen molar-refractivity contribution in [1.82, 2.24) is 14.7 Å². The van der Waals surface area contributed by atoms with Gasteiger partial charge in [0.15, 0.2) is 0 Å². The second-order valence-electron chi connectivity index (χ2n) is 9.86. The number of rotatable bonds is 5. The normalized spacial score (nSPS) is 27.5. The highest BCUT2D eigenvalue weighted by molar-refractivity contribution is 7.12. The monoisotopic (exact) mass is 485 g/mol. The Bertz CT molecular complexity index is 1020. The standard InChI is InChI=1S/C23H30F3N3O3S/c1-15-9-22(19-17(3-8-32-22)18(13-30)20(33-19)23(24,25)26)6-7-28(15)11-16-10-27-29(12-16)14-21(31)4-2-5-21/h10,12,15,30-31H,2-9,11,13-14H2,1H3/t15-,22+/m0/s1. The number of alkyl halides is 3. The van der Waals surface area contributed by atoms with Crippen molar-refractivity contribution in [3.05, 3.63) is 38.8 Å². The van der Waals surface area contributed by atoms with Crippen LogP contribution in [0.15, 0.2) is 12.4 Å². The summed E-state index contributed by atoms with van der Waals surface area (Å²) in [6.07, 6.45) is 3.64. The molecule has 5 rings (SSSR count). The average Bonchev–Trinajstić information content (AvgIpc) is 3.34. The van der Waals surface area contributed by atoms with E-state index in [2.05, 4.69) is 16.9 Å². The van der Waals surface area contributed by atoms with Crippen molar-refractivity contribution in [2.24, 2.45) is 0 Å². The van der Waals surface area contributed by atoms with E-state index in [1.165, 1.54) is 0 Å². The molecule has 0 unspecified atom stereocenters. The maximum absolute atomic E-state index is 13.6. The number of aromatic nitrogens is 2. The minimum Gasteiger partial charge on any atom is -0.392 e. The summed E-state index contributed by atoms with van der Waals surface area (Å²) in [7, 11) is 0. The Kier molecular flexibility index (Phi) is 5.88. The van der Waals surface area contributed by atoms with Crippen LogP contribution in [0.1, 0.15) is 65.5 Å². The Morgan fingerprint density at radius 3 is 2.73 bits per heavy atom. The summed E-state index contributed by atoms with van der Waals surface area (Å²) < 4.78 is 48.9. The molecule has 1 spiro atoms. The zero-order chi connectivity index (χ0) is 23.4. The molecule has 182 valence electrons. The number of ether oxygens (including phenoxy) is 1. The van der Waals surface area contributed by atoms with E-state index in [-0.39, 0.29) is 11.6 Å². The van der Waals surface area contributed by atoms with Crippen LogP contribution < -0.4 is 0 Å². The first-order valence-corrected chi connectivity index (χ1v) is 12.4. The number of halogens is 3. The Hall–Kier alpha value is -1.46. The number of aliphatic hydroxyl groups is 2. The third-order valence-corrected chi connectivity index (χ3v) is 9.05. The van der Waals surface area contributed by atoms with Gasteiger partial charge in [-0.15, -0.1) is 11.3 Å². The highest BCUT2D eigenvalue weighted by Crippen LogP contribution is 2.51. The molecule has 2 aromatic rings. The van der Waals surface area contributed by atoms with Crippen LogP contribution in [0.2, 0.25) is 0 Å². The second-order valence-corrected chi connectivity index (χ2v) is 10.9. The fourth-order valence-corrected chi connectivity index (χ4v) is 7.03. The van der Waals surface area contributed by atoms with Crippen LogP contribution in [0.4, 0.5) is 13.2 Å². The third kappa shape index (κ3) is 4.25. The molecule has 2 atom stereocenters. The molecule has 0 amide bonds. The molecule has 1 aliphatic carbocycles. The second kappa shape index (κ2) is 8.34. The maximum Gasteiger partial charge on any atom is 0.425 e. The first-order valence-electron chi connectivity index (χ1n) is 11.6. The molecule has 1 saturated carbocycles. The smallest absolute Gasteiger partial charge is 0.392 e. The molecule has 2 N–H and O–H groups in total. The molecule has 2 aliphatic heterocycles. The Morgan fingerprint density at radius 1 is 1.30 bits per heavy atom. The van der Waals surface area contributed by atoms with Gasteiger partial charge in [-0.3, -0.25) is 9.58 Å². The summed E-state index contributed by atoms with van der Waals surface area (Å²) in [5, 5.41) is 24.5. The van der Waals surface area contributed by atoms with Gasteiger partial charge in [0.1, 0.15) is 10.5 Å². The lowest BCUT2D eigenvalue weighted by Gasteiger charge is -2.47. The summed E-state index contributed by atoms with van der Waals surface area (Å²) >= 11 is 0.757. The molecule has 0 radical (unpaired) electrons. The Balaban J connectivity index is 1.31. The van der Waals surface area contributed by atoms with E-state index in [1.54, 1.807) is 0 Å². The number of nitrogens with zero attached hydrogens (tertiary/aromatic N) is 3. The van der Waals surface area contributed by atoms with E-state index in [1.807, 2.05) is 17.1 Å². The number of thiophene rings is 1. The number of hydrogen-bond donors (Lipinski definition) is 2. The van der Waals surface area contributed by atoms with Crippen LogP contribution in [-0.2, 0) is 42.6 Å². The van der Waals surface area contributed by atoms with Gasteiger partial charge in [0.25, 0.3) is 0 Å². The number of fused-ring (bicyclic) bond motifs is 2. The number of likely N-dealkylation sites (tertiary alicyclic amines) is 1. The highest BCUT2D eigenvalue weighted by Gasteiger charge is 2.48. The van der Waals surface area contributed by atoms with Gasteiger partial charge in [-0.25, -0.2) is 0 Å². The van der Waals surface area contributed by atoms with Gasteiger partial charge >= 0.3 is 6.18 Å². The molecule has 10 heteroatoms. The molecular formula is C23H30F3N3O3S. The van der Waals surface area contributed by atoms with E-state index in [0.29, 0.717) is 55.9 Å². The van der Waals surface area contributed by atoms with Crippen LogP contribution >= 0.6 is 11.3 Å².